The first-order chi connectivity index (χ1) is 8.11. The van der Waals surface area contributed by atoms with Gasteiger partial charge in [-0.3, -0.25) is 0 Å². The number of thiophene rings is 1. The second-order valence-electron chi connectivity index (χ2n) is 4.92. The molecule has 0 saturated heterocycles. The average molecular weight is 354 g/mol. The number of rotatable bonds is 5. The molecule has 104 valence electrons. The number of sulfone groups is 1. The summed E-state index contributed by atoms with van der Waals surface area (Å²) in [4.78, 5) is 2.22. The molecule has 0 aromatic carbocycles. The van der Waals surface area contributed by atoms with Gasteiger partial charge < -0.3 is 5.32 Å². The Morgan fingerprint density at radius 3 is 2.39 bits per heavy atom. The van der Waals surface area contributed by atoms with Crippen LogP contribution in [0.25, 0.3) is 0 Å². The van der Waals surface area contributed by atoms with Gasteiger partial charge in [-0.2, -0.15) is 0 Å². The molecule has 0 amide bonds. The minimum Gasteiger partial charge on any atom is -0.308 e. The van der Waals surface area contributed by atoms with Crippen LogP contribution in [0.5, 0.6) is 0 Å². The SMILES string of the molecule is CCNC(c1cc(Br)c(C)s1)C(C)(C)S(C)(=O)=O. The molecule has 0 saturated carbocycles. The summed E-state index contributed by atoms with van der Waals surface area (Å²) >= 11 is 5.12. The summed E-state index contributed by atoms with van der Waals surface area (Å²) in [5.41, 5.74) is 0. The zero-order valence-corrected chi connectivity index (χ0v) is 14.6. The lowest BCUT2D eigenvalue weighted by Crippen LogP contribution is -2.44. The summed E-state index contributed by atoms with van der Waals surface area (Å²) in [6, 6.07) is 1.83. The molecule has 0 aliphatic carbocycles. The number of nitrogens with one attached hydrogen (secondary N) is 1. The molecule has 0 aliphatic heterocycles. The fourth-order valence-corrected chi connectivity index (χ4v) is 4.27. The van der Waals surface area contributed by atoms with E-state index in [9.17, 15) is 8.42 Å². The summed E-state index contributed by atoms with van der Waals surface area (Å²) in [6.45, 7) is 8.30. The molecule has 1 aromatic heterocycles. The molecule has 0 radical (unpaired) electrons. The molecule has 0 aliphatic rings. The van der Waals surface area contributed by atoms with E-state index < -0.39 is 14.6 Å². The molecule has 18 heavy (non-hydrogen) atoms. The summed E-state index contributed by atoms with van der Waals surface area (Å²) < 4.78 is 24.2. The molecule has 1 atom stereocenters. The van der Waals surface area contributed by atoms with E-state index in [4.69, 9.17) is 0 Å². The maximum atomic E-state index is 12.0. The van der Waals surface area contributed by atoms with Crippen LogP contribution in [-0.2, 0) is 9.84 Å². The van der Waals surface area contributed by atoms with Crippen LogP contribution in [0.15, 0.2) is 10.5 Å². The van der Waals surface area contributed by atoms with E-state index in [2.05, 4.69) is 21.2 Å². The molecule has 0 fully saturated rings. The van der Waals surface area contributed by atoms with Gasteiger partial charge in [-0.1, -0.05) is 6.92 Å². The van der Waals surface area contributed by atoms with E-state index in [1.807, 2.05) is 19.9 Å². The van der Waals surface area contributed by atoms with Crippen LogP contribution in [0.3, 0.4) is 0 Å². The minimum absolute atomic E-state index is 0.188. The predicted octanol–water partition coefficient (Wildman–Crippen LogP) is 3.29. The Hall–Kier alpha value is 0.0900. The smallest absolute Gasteiger partial charge is 0.154 e. The topological polar surface area (TPSA) is 46.2 Å². The van der Waals surface area contributed by atoms with Gasteiger partial charge in [0.05, 0.1) is 10.8 Å². The van der Waals surface area contributed by atoms with Crippen LogP contribution < -0.4 is 5.32 Å². The fraction of sp³-hybridized carbons (Fsp3) is 0.667. The van der Waals surface area contributed by atoms with Crippen molar-refractivity contribution in [2.75, 3.05) is 12.8 Å². The Labute approximate surface area is 122 Å². The van der Waals surface area contributed by atoms with Gasteiger partial charge in [0.1, 0.15) is 0 Å². The highest BCUT2D eigenvalue weighted by Crippen LogP contribution is 2.38. The van der Waals surface area contributed by atoms with Crippen LogP contribution in [-0.4, -0.2) is 26.0 Å². The summed E-state index contributed by atoms with van der Waals surface area (Å²) in [5.74, 6) is 0. The van der Waals surface area contributed by atoms with E-state index in [1.54, 1.807) is 25.2 Å². The monoisotopic (exact) mass is 353 g/mol. The Morgan fingerprint density at radius 1 is 1.50 bits per heavy atom. The lowest BCUT2D eigenvalue weighted by atomic mass is 10.0. The summed E-state index contributed by atoms with van der Waals surface area (Å²) in [5, 5.41) is 3.30. The van der Waals surface area contributed by atoms with E-state index in [0.29, 0.717) is 0 Å². The van der Waals surface area contributed by atoms with Crippen molar-refractivity contribution in [3.05, 3.63) is 20.3 Å². The number of hydrogen-bond acceptors (Lipinski definition) is 4. The van der Waals surface area contributed by atoms with E-state index in [0.717, 1.165) is 20.8 Å². The largest absolute Gasteiger partial charge is 0.308 e. The highest BCUT2D eigenvalue weighted by atomic mass is 79.9. The average Bonchev–Trinajstić information content (AvgIpc) is 2.53. The van der Waals surface area contributed by atoms with Crippen LogP contribution >= 0.6 is 27.3 Å². The molecule has 1 unspecified atom stereocenters. The fourth-order valence-electron chi connectivity index (χ4n) is 1.73. The number of hydrogen-bond donors (Lipinski definition) is 1. The standard InChI is InChI=1S/C12H20BrNO2S2/c1-6-14-11(12(3,4)18(5,15)16)10-7-9(13)8(2)17-10/h7,11,14H,6H2,1-5H3. The molecular weight excluding hydrogens is 334 g/mol. The second kappa shape index (κ2) is 5.61. The third kappa shape index (κ3) is 3.15. The van der Waals surface area contributed by atoms with Crippen molar-refractivity contribution in [2.45, 2.75) is 38.5 Å². The first-order valence-electron chi connectivity index (χ1n) is 5.80. The maximum absolute atomic E-state index is 12.0. The van der Waals surface area contributed by atoms with Gasteiger partial charge >= 0.3 is 0 Å². The van der Waals surface area contributed by atoms with Crippen LogP contribution in [0.1, 0.15) is 36.6 Å². The van der Waals surface area contributed by atoms with Gasteiger partial charge in [-0.15, -0.1) is 11.3 Å². The molecule has 1 N–H and O–H groups in total. The Morgan fingerprint density at radius 2 is 2.06 bits per heavy atom. The van der Waals surface area contributed by atoms with Crippen LogP contribution in [0.4, 0.5) is 0 Å². The first-order valence-corrected chi connectivity index (χ1v) is 9.30. The normalized spacial score (nSPS) is 14.8. The van der Waals surface area contributed by atoms with Crippen molar-refractivity contribution in [1.82, 2.24) is 5.32 Å². The molecule has 1 rings (SSSR count). The van der Waals surface area contributed by atoms with Gasteiger partial charge in [-0.05, 0) is 49.3 Å². The summed E-state index contributed by atoms with van der Waals surface area (Å²) in [6.07, 6.45) is 1.30. The quantitative estimate of drug-likeness (QED) is 0.883. The van der Waals surface area contributed by atoms with Gasteiger partial charge in [0.2, 0.25) is 0 Å². The van der Waals surface area contributed by atoms with Crippen molar-refractivity contribution in [1.29, 1.82) is 0 Å². The molecule has 0 spiro atoms. The van der Waals surface area contributed by atoms with Crippen LogP contribution in [0, 0.1) is 6.92 Å². The van der Waals surface area contributed by atoms with Gasteiger partial charge in [0.25, 0.3) is 0 Å². The van der Waals surface area contributed by atoms with Gasteiger partial charge in [0, 0.05) is 20.5 Å². The number of aryl methyl sites for hydroxylation is 1. The van der Waals surface area contributed by atoms with Gasteiger partial charge in [-0.25, -0.2) is 8.42 Å². The van der Waals surface area contributed by atoms with Crippen molar-refractivity contribution >= 4 is 37.1 Å². The Bertz CT molecular complexity index is 501. The van der Waals surface area contributed by atoms with E-state index in [1.165, 1.54) is 6.26 Å². The molecule has 0 bridgehead atoms. The highest BCUT2D eigenvalue weighted by Gasteiger charge is 2.40. The van der Waals surface area contributed by atoms with Crippen molar-refractivity contribution in [3.63, 3.8) is 0 Å². The zero-order valence-electron chi connectivity index (χ0n) is 11.4. The second-order valence-corrected chi connectivity index (χ2v) is 9.66. The summed E-state index contributed by atoms with van der Waals surface area (Å²) in [7, 11) is -3.15. The van der Waals surface area contributed by atoms with Crippen molar-refractivity contribution in [2.24, 2.45) is 0 Å². The maximum Gasteiger partial charge on any atom is 0.154 e. The molecule has 6 heteroatoms. The van der Waals surface area contributed by atoms with E-state index in [-0.39, 0.29) is 6.04 Å². The number of halogens is 1. The lowest BCUT2D eigenvalue weighted by molar-refractivity contribution is 0.433. The van der Waals surface area contributed by atoms with Crippen molar-refractivity contribution < 1.29 is 8.42 Å². The molecular formula is C12H20BrNO2S2. The molecule has 3 nitrogen and oxygen atoms in total. The highest BCUT2D eigenvalue weighted by molar-refractivity contribution is 9.10. The Balaban J connectivity index is 3.26. The molecule has 1 heterocycles. The zero-order chi connectivity index (χ0) is 14.1. The minimum atomic E-state index is -3.15. The first kappa shape index (κ1) is 16.1. The van der Waals surface area contributed by atoms with Crippen molar-refractivity contribution in [3.8, 4) is 0 Å². The van der Waals surface area contributed by atoms with E-state index >= 15 is 0 Å². The van der Waals surface area contributed by atoms with Gasteiger partial charge in [0.15, 0.2) is 9.84 Å². The lowest BCUT2D eigenvalue weighted by Gasteiger charge is -2.32. The third-order valence-corrected chi connectivity index (χ3v) is 7.57. The Kier molecular flexibility index (Phi) is 5.03. The third-order valence-electron chi connectivity index (χ3n) is 3.22. The van der Waals surface area contributed by atoms with Crippen LogP contribution in [0.2, 0.25) is 0 Å². The predicted molar refractivity (Wildman–Crippen MR) is 82.1 cm³/mol. The molecule has 1 aromatic rings.